The predicted molar refractivity (Wildman–Crippen MR) is 22.7 cm³/mol. The molecule has 0 aliphatic carbocycles. The summed E-state index contributed by atoms with van der Waals surface area (Å²) in [6, 6.07) is 0. The summed E-state index contributed by atoms with van der Waals surface area (Å²) < 4.78 is 0. The van der Waals surface area contributed by atoms with Crippen LogP contribution in [0, 0.1) is 0 Å². The van der Waals surface area contributed by atoms with E-state index < -0.39 is 6.16 Å². The zero-order chi connectivity index (χ0) is 3.58. The van der Waals surface area contributed by atoms with Crippen LogP contribution in [0.15, 0.2) is 0 Å². The van der Waals surface area contributed by atoms with E-state index >= 15 is 0 Å². The van der Waals surface area contributed by atoms with Crippen molar-refractivity contribution in [2.75, 3.05) is 0 Å². The fourth-order valence-electron chi connectivity index (χ4n) is 0. The molecule has 0 aromatic heterocycles. The molecule has 0 amide bonds. The monoisotopic (exact) mass is 141 g/mol. The average Bonchev–Trinajstić information content (AvgIpc) is 0.811. The van der Waals surface area contributed by atoms with Crippen molar-refractivity contribution in [2.45, 2.75) is 0 Å². The van der Waals surface area contributed by atoms with Gasteiger partial charge >= 0.3 is 52.1 Å². The van der Waals surface area contributed by atoms with Gasteiger partial charge in [0.1, 0.15) is 0 Å². The van der Waals surface area contributed by atoms with E-state index in [1.54, 1.807) is 0 Å². The number of hydrogen-bond donors (Lipinski definition) is 0. The van der Waals surface area contributed by atoms with Crippen molar-refractivity contribution in [1.29, 1.82) is 0 Å². The normalized spacial score (nSPS) is 3.43. The Kier molecular flexibility index (Phi) is 56.0. The molecule has 0 aromatic carbocycles. The van der Waals surface area contributed by atoms with Crippen molar-refractivity contribution in [3.63, 3.8) is 0 Å². The Labute approximate surface area is 73.1 Å². The van der Waals surface area contributed by atoms with Gasteiger partial charge in [-0.3, -0.25) is 0 Å². The standard InChI is InChI=1S/CH2O3.3Al/c2-1(3)4;;;/h(H2,2,3,4);;;/q;3*+3/p-2. The van der Waals surface area contributed by atoms with Gasteiger partial charge in [-0.2, -0.15) is 0 Å². The third-order valence-electron chi connectivity index (χ3n) is 0. The SMILES string of the molecule is O=C([O-])[O-].[Al+3].[Al+3].[Al+3]. The topological polar surface area (TPSA) is 63.2 Å². The number of hydrogen-bond acceptors (Lipinski definition) is 3. The molecule has 0 spiro atoms. The van der Waals surface area contributed by atoms with Gasteiger partial charge in [-0.25, -0.2) is 0 Å². The molecule has 0 rings (SSSR count). The van der Waals surface area contributed by atoms with Crippen LogP contribution < -0.4 is 10.2 Å². The van der Waals surface area contributed by atoms with Crippen molar-refractivity contribution < 1.29 is 15.0 Å². The van der Waals surface area contributed by atoms with Crippen LogP contribution in [0.4, 0.5) is 4.79 Å². The van der Waals surface area contributed by atoms with Gasteiger partial charge in [0.25, 0.3) is 0 Å². The molecule has 0 saturated carbocycles. The molecule has 24 valence electrons. The van der Waals surface area contributed by atoms with E-state index in [0.717, 1.165) is 0 Å². The fraction of sp³-hybridized carbons (Fsp3) is 0. The minimum absolute atomic E-state index is 0. The predicted octanol–water partition coefficient (Wildman–Crippen LogP) is -3.59. The Bertz CT molecular complexity index is 33.2. The summed E-state index contributed by atoms with van der Waals surface area (Å²) in [7, 11) is 0. The molecule has 0 bridgehead atoms. The molecular weight excluding hydrogens is 141 g/mol. The fourth-order valence-corrected chi connectivity index (χ4v) is 0. The second-order valence-corrected chi connectivity index (χ2v) is 0.250. The summed E-state index contributed by atoms with van der Waals surface area (Å²) in [6.07, 6.45) is -2.33. The average molecular weight is 141 g/mol. The molecule has 0 unspecified atom stereocenters. The molecule has 0 atom stereocenters. The molecule has 0 aliphatic heterocycles. The molecule has 7 heavy (non-hydrogen) atoms. The van der Waals surface area contributed by atoms with E-state index in [1.807, 2.05) is 0 Å². The smallest absolute Gasteiger partial charge is 0.652 e. The van der Waals surface area contributed by atoms with Gasteiger partial charge in [-0.15, -0.1) is 0 Å². The summed E-state index contributed by atoms with van der Waals surface area (Å²) in [5, 5.41) is 16.7. The van der Waals surface area contributed by atoms with Crippen LogP contribution >= 0.6 is 0 Å². The van der Waals surface area contributed by atoms with Gasteiger partial charge < -0.3 is 15.0 Å². The first-order valence-electron chi connectivity index (χ1n) is 0.612. The Hall–Kier alpha value is 0.867. The molecule has 3 nitrogen and oxygen atoms in total. The molecular formula is CAl3O3+7. The van der Waals surface area contributed by atoms with Gasteiger partial charge in [-0.1, -0.05) is 0 Å². The molecule has 0 aliphatic rings. The number of carboxylic acid groups (broad SMARTS) is 2. The number of carbonyl (C=O) groups is 1. The second kappa shape index (κ2) is 15.8. The Balaban J connectivity index is -0.0000000150. The summed E-state index contributed by atoms with van der Waals surface area (Å²) >= 11 is 0. The summed E-state index contributed by atoms with van der Waals surface area (Å²) in [6.45, 7) is 0. The maximum absolute atomic E-state index is 8.33. The van der Waals surface area contributed by atoms with Gasteiger partial charge in [0.2, 0.25) is 0 Å². The van der Waals surface area contributed by atoms with Crippen molar-refractivity contribution >= 4 is 58.2 Å². The van der Waals surface area contributed by atoms with Crippen molar-refractivity contribution in [1.82, 2.24) is 0 Å². The maximum atomic E-state index is 8.33. The minimum Gasteiger partial charge on any atom is -0.652 e. The number of carbonyl (C=O) groups excluding carboxylic acids is 1. The Morgan fingerprint density at radius 1 is 1.00 bits per heavy atom. The van der Waals surface area contributed by atoms with E-state index in [1.165, 1.54) is 0 Å². The third-order valence-corrected chi connectivity index (χ3v) is 0. The van der Waals surface area contributed by atoms with Gasteiger partial charge in [0.05, 0.1) is 0 Å². The van der Waals surface area contributed by atoms with Gasteiger partial charge in [-0.05, 0) is 6.16 Å². The summed E-state index contributed by atoms with van der Waals surface area (Å²) in [4.78, 5) is 8.33. The number of rotatable bonds is 0. The summed E-state index contributed by atoms with van der Waals surface area (Å²) in [5.41, 5.74) is 0. The van der Waals surface area contributed by atoms with Gasteiger partial charge in [0, 0.05) is 0 Å². The van der Waals surface area contributed by atoms with E-state index in [2.05, 4.69) is 0 Å². The van der Waals surface area contributed by atoms with Crippen LogP contribution in [0.1, 0.15) is 0 Å². The molecule has 0 fully saturated rings. The van der Waals surface area contributed by atoms with Crippen LogP contribution in [0.3, 0.4) is 0 Å². The van der Waals surface area contributed by atoms with E-state index in [-0.39, 0.29) is 52.1 Å². The van der Waals surface area contributed by atoms with E-state index in [4.69, 9.17) is 15.0 Å². The van der Waals surface area contributed by atoms with Crippen LogP contribution in [0.2, 0.25) is 0 Å². The van der Waals surface area contributed by atoms with Crippen LogP contribution in [-0.2, 0) is 0 Å². The molecule has 0 N–H and O–H groups in total. The quantitative estimate of drug-likeness (QED) is 0.327. The molecule has 0 heterocycles. The Morgan fingerprint density at radius 3 is 1.00 bits per heavy atom. The first-order valence-corrected chi connectivity index (χ1v) is 0.612. The van der Waals surface area contributed by atoms with Crippen molar-refractivity contribution in [2.24, 2.45) is 0 Å². The molecule has 0 saturated heterocycles. The molecule has 6 heteroatoms. The molecule has 0 radical (unpaired) electrons. The third kappa shape index (κ3) is 216. The van der Waals surface area contributed by atoms with Gasteiger partial charge in [0.15, 0.2) is 0 Å². The second-order valence-electron chi connectivity index (χ2n) is 0.250. The Morgan fingerprint density at radius 2 is 1.00 bits per heavy atom. The first kappa shape index (κ1) is 24.8. The zero-order valence-corrected chi connectivity index (χ0v) is 6.92. The van der Waals surface area contributed by atoms with Crippen molar-refractivity contribution in [3.05, 3.63) is 0 Å². The van der Waals surface area contributed by atoms with Crippen LogP contribution in [0.5, 0.6) is 0 Å². The van der Waals surface area contributed by atoms with Crippen molar-refractivity contribution in [3.8, 4) is 0 Å². The maximum Gasteiger partial charge on any atom is 3.00 e. The largest absolute Gasteiger partial charge is 3.00 e. The summed E-state index contributed by atoms with van der Waals surface area (Å²) in [5.74, 6) is 0. The zero-order valence-electron chi connectivity index (χ0n) is 3.46. The van der Waals surface area contributed by atoms with E-state index in [9.17, 15) is 0 Å². The minimum atomic E-state index is -2.33. The first-order chi connectivity index (χ1) is 1.73. The van der Waals surface area contributed by atoms with Crippen LogP contribution in [-0.4, -0.2) is 58.2 Å². The van der Waals surface area contributed by atoms with Crippen LogP contribution in [0.25, 0.3) is 0 Å². The van der Waals surface area contributed by atoms with E-state index in [0.29, 0.717) is 0 Å². The molecule has 0 aromatic rings.